The van der Waals surface area contributed by atoms with Gasteiger partial charge in [0, 0.05) is 29.5 Å². The third kappa shape index (κ3) is 4.16. The van der Waals surface area contributed by atoms with Crippen LogP contribution in [-0.2, 0) is 9.53 Å². The van der Waals surface area contributed by atoms with Crippen molar-refractivity contribution in [2.24, 2.45) is 0 Å². The third-order valence-electron chi connectivity index (χ3n) is 4.03. The van der Waals surface area contributed by atoms with E-state index in [0.717, 1.165) is 12.1 Å². The summed E-state index contributed by atoms with van der Waals surface area (Å²) in [5.74, 6) is -2.64. The molecule has 0 amide bonds. The molecule has 0 spiro atoms. The van der Waals surface area contributed by atoms with Gasteiger partial charge in [0.05, 0.1) is 30.6 Å². The van der Waals surface area contributed by atoms with Crippen LogP contribution in [0.4, 0.5) is 8.78 Å². The summed E-state index contributed by atoms with van der Waals surface area (Å²) < 4.78 is 40.1. The van der Waals surface area contributed by atoms with Gasteiger partial charge in [-0.1, -0.05) is 0 Å². The predicted molar refractivity (Wildman–Crippen MR) is 97.7 cm³/mol. The number of esters is 1. The minimum atomic E-state index is -0.876. The molecule has 0 saturated carbocycles. The maximum absolute atomic E-state index is 14.4. The summed E-state index contributed by atoms with van der Waals surface area (Å²) in [7, 11) is 0. The molecule has 0 aliphatic heterocycles. The minimum Gasteiger partial charge on any atom is -0.488 e. The summed E-state index contributed by atoms with van der Waals surface area (Å²) in [4.78, 5) is 22.1. The molecule has 0 N–H and O–H groups in total. The number of hydrogen-bond acceptors (Lipinski definition) is 5. The SMILES string of the molecule is CCOC(=O)CCCOc1c(F)cc(-n2ncc3cc(C=O)ccc32)cc1F. The zero-order chi connectivity index (χ0) is 20.1. The molecule has 146 valence electrons. The molecule has 0 aliphatic rings. The number of carbonyl (C=O) groups excluding carboxylic acids is 2. The van der Waals surface area contributed by atoms with E-state index in [-0.39, 0.29) is 37.7 Å². The highest BCUT2D eigenvalue weighted by Crippen LogP contribution is 2.27. The van der Waals surface area contributed by atoms with Crippen LogP contribution in [-0.4, -0.2) is 35.2 Å². The van der Waals surface area contributed by atoms with Crippen LogP contribution in [0.5, 0.6) is 5.75 Å². The van der Waals surface area contributed by atoms with Gasteiger partial charge in [-0.25, -0.2) is 13.5 Å². The molecule has 6 nitrogen and oxygen atoms in total. The molecular weight excluding hydrogens is 370 g/mol. The molecule has 0 radical (unpaired) electrons. The van der Waals surface area contributed by atoms with Gasteiger partial charge in [0.1, 0.15) is 6.29 Å². The summed E-state index contributed by atoms with van der Waals surface area (Å²) in [5, 5.41) is 4.81. The quantitative estimate of drug-likeness (QED) is 0.333. The molecule has 28 heavy (non-hydrogen) atoms. The maximum atomic E-state index is 14.4. The van der Waals surface area contributed by atoms with E-state index in [1.807, 2.05) is 0 Å². The number of ether oxygens (including phenoxy) is 2. The molecule has 0 saturated heterocycles. The first-order valence-electron chi connectivity index (χ1n) is 8.74. The Morgan fingerprint density at radius 2 is 1.96 bits per heavy atom. The Morgan fingerprint density at radius 1 is 1.21 bits per heavy atom. The standard InChI is InChI=1S/C20H18F2N2O4/c1-2-27-19(26)4-3-7-28-20-16(21)9-15(10-17(20)22)24-18-6-5-13(12-25)8-14(18)11-23-24/h5-6,8-12H,2-4,7H2,1H3. The molecule has 2 aromatic carbocycles. The average Bonchev–Trinajstić information content (AvgIpc) is 3.10. The van der Waals surface area contributed by atoms with E-state index >= 15 is 0 Å². The highest BCUT2D eigenvalue weighted by Gasteiger charge is 2.16. The fourth-order valence-electron chi connectivity index (χ4n) is 2.76. The molecule has 1 aromatic heterocycles. The van der Waals surface area contributed by atoms with Crippen molar-refractivity contribution < 1.29 is 27.8 Å². The van der Waals surface area contributed by atoms with Crippen LogP contribution in [0.3, 0.4) is 0 Å². The number of aldehydes is 1. The van der Waals surface area contributed by atoms with Gasteiger partial charge < -0.3 is 9.47 Å². The molecule has 0 fully saturated rings. The fraction of sp³-hybridized carbons (Fsp3) is 0.250. The van der Waals surface area contributed by atoms with Gasteiger partial charge in [0.2, 0.25) is 0 Å². The first kappa shape index (κ1) is 19.5. The average molecular weight is 388 g/mol. The lowest BCUT2D eigenvalue weighted by molar-refractivity contribution is -0.143. The van der Waals surface area contributed by atoms with E-state index in [4.69, 9.17) is 9.47 Å². The van der Waals surface area contributed by atoms with Crippen molar-refractivity contribution in [3.05, 3.63) is 53.7 Å². The zero-order valence-corrected chi connectivity index (χ0v) is 15.2. The van der Waals surface area contributed by atoms with Gasteiger partial charge in [-0.15, -0.1) is 0 Å². The van der Waals surface area contributed by atoms with Crippen molar-refractivity contribution in [1.29, 1.82) is 0 Å². The number of carbonyl (C=O) groups is 2. The largest absolute Gasteiger partial charge is 0.488 e. The van der Waals surface area contributed by atoms with Gasteiger partial charge in [-0.05, 0) is 31.5 Å². The van der Waals surface area contributed by atoms with E-state index < -0.39 is 17.4 Å². The zero-order valence-electron chi connectivity index (χ0n) is 15.2. The Morgan fingerprint density at radius 3 is 2.64 bits per heavy atom. The molecule has 3 aromatic rings. The lowest BCUT2D eigenvalue weighted by atomic mass is 10.2. The highest BCUT2D eigenvalue weighted by atomic mass is 19.1. The monoisotopic (exact) mass is 388 g/mol. The Bertz CT molecular complexity index is 994. The molecule has 8 heteroatoms. The van der Waals surface area contributed by atoms with Crippen LogP contribution in [0.25, 0.3) is 16.6 Å². The third-order valence-corrected chi connectivity index (χ3v) is 4.03. The summed E-state index contributed by atoms with van der Waals surface area (Å²) in [6.07, 6.45) is 2.61. The van der Waals surface area contributed by atoms with Gasteiger partial charge in [-0.3, -0.25) is 9.59 Å². The Labute approximate surface area is 159 Å². The normalized spacial score (nSPS) is 10.8. The van der Waals surface area contributed by atoms with Crippen LogP contribution >= 0.6 is 0 Å². The minimum absolute atomic E-state index is 0.0226. The van der Waals surface area contributed by atoms with Crippen LogP contribution in [0, 0.1) is 11.6 Å². The smallest absolute Gasteiger partial charge is 0.305 e. The van der Waals surface area contributed by atoms with Crippen molar-refractivity contribution in [1.82, 2.24) is 9.78 Å². The van der Waals surface area contributed by atoms with E-state index in [1.165, 1.54) is 10.9 Å². The number of nitrogens with zero attached hydrogens (tertiary/aromatic N) is 2. The maximum Gasteiger partial charge on any atom is 0.305 e. The van der Waals surface area contributed by atoms with Crippen molar-refractivity contribution in [2.75, 3.05) is 13.2 Å². The Balaban J connectivity index is 1.77. The second-order valence-electron chi connectivity index (χ2n) is 5.99. The summed E-state index contributed by atoms with van der Waals surface area (Å²) in [6.45, 7) is 1.96. The number of fused-ring (bicyclic) bond motifs is 1. The molecule has 0 bridgehead atoms. The van der Waals surface area contributed by atoms with Crippen molar-refractivity contribution in [3.8, 4) is 11.4 Å². The van der Waals surface area contributed by atoms with Crippen LogP contribution in [0.15, 0.2) is 36.5 Å². The van der Waals surface area contributed by atoms with Crippen molar-refractivity contribution >= 4 is 23.2 Å². The van der Waals surface area contributed by atoms with Crippen molar-refractivity contribution in [3.63, 3.8) is 0 Å². The Hall–Kier alpha value is -3.29. The number of hydrogen-bond donors (Lipinski definition) is 0. The molecule has 0 aliphatic carbocycles. The van der Waals surface area contributed by atoms with Gasteiger partial charge in [0.25, 0.3) is 0 Å². The number of aromatic nitrogens is 2. The second-order valence-corrected chi connectivity index (χ2v) is 5.99. The molecule has 3 rings (SSSR count). The Kier molecular flexibility index (Phi) is 5.98. The van der Waals surface area contributed by atoms with E-state index in [0.29, 0.717) is 22.8 Å². The number of rotatable bonds is 8. The first-order valence-corrected chi connectivity index (χ1v) is 8.74. The van der Waals surface area contributed by atoms with Gasteiger partial charge in [-0.2, -0.15) is 5.10 Å². The molecule has 1 heterocycles. The van der Waals surface area contributed by atoms with Gasteiger partial charge in [0.15, 0.2) is 17.4 Å². The second kappa shape index (κ2) is 8.60. The topological polar surface area (TPSA) is 70.4 Å². The highest BCUT2D eigenvalue weighted by molar-refractivity contribution is 5.87. The van der Waals surface area contributed by atoms with Crippen LogP contribution < -0.4 is 4.74 Å². The van der Waals surface area contributed by atoms with E-state index in [9.17, 15) is 18.4 Å². The molecule has 0 atom stereocenters. The van der Waals surface area contributed by atoms with E-state index in [1.54, 1.807) is 25.1 Å². The summed E-state index contributed by atoms with van der Waals surface area (Å²) >= 11 is 0. The van der Waals surface area contributed by atoms with Crippen LogP contribution in [0.1, 0.15) is 30.1 Å². The van der Waals surface area contributed by atoms with Crippen molar-refractivity contribution in [2.45, 2.75) is 19.8 Å². The number of benzene rings is 2. The lowest BCUT2D eigenvalue weighted by Crippen LogP contribution is -2.08. The first-order chi connectivity index (χ1) is 13.5. The van der Waals surface area contributed by atoms with E-state index in [2.05, 4.69) is 5.10 Å². The predicted octanol–water partition coefficient (Wildman–Crippen LogP) is 3.84. The summed E-state index contributed by atoms with van der Waals surface area (Å²) in [5.41, 5.74) is 1.27. The number of halogens is 2. The molecule has 0 unspecified atom stereocenters. The molecular formula is C20H18F2N2O4. The lowest BCUT2D eigenvalue weighted by Gasteiger charge is -2.11. The fourth-order valence-corrected chi connectivity index (χ4v) is 2.76. The summed E-state index contributed by atoms with van der Waals surface area (Å²) in [6, 6.07) is 7.12. The van der Waals surface area contributed by atoms with Crippen LogP contribution in [0.2, 0.25) is 0 Å². The van der Waals surface area contributed by atoms with Gasteiger partial charge >= 0.3 is 5.97 Å².